The first kappa shape index (κ1) is 17.1. The van der Waals surface area contributed by atoms with Gasteiger partial charge in [-0.3, -0.25) is 14.5 Å². The van der Waals surface area contributed by atoms with Crippen molar-refractivity contribution in [3.8, 4) is 0 Å². The first-order valence-corrected chi connectivity index (χ1v) is 9.56. The summed E-state index contributed by atoms with van der Waals surface area (Å²) < 4.78 is 0. The maximum Gasteiger partial charge on any atom is 0.325 e. The second-order valence-corrected chi connectivity index (χ2v) is 7.76. The number of hydrogen-bond donors (Lipinski definition) is 1. The third kappa shape index (κ3) is 2.68. The Kier molecular flexibility index (Phi) is 4.21. The second-order valence-electron chi connectivity index (χ2n) is 7.76. The van der Waals surface area contributed by atoms with E-state index >= 15 is 0 Å². The van der Waals surface area contributed by atoms with E-state index in [-0.39, 0.29) is 24.4 Å². The van der Waals surface area contributed by atoms with E-state index in [0.717, 1.165) is 48.3 Å². The van der Waals surface area contributed by atoms with Gasteiger partial charge in [0.15, 0.2) is 0 Å². The maximum absolute atomic E-state index is 13.0. The fourth-order valence-corrected chi connectivity index (χ4v) is 4.65. The molecule has 4 rings (SSSR count). The van der Waals surface area contributed by atoms with Gasteiger partial charge in [0.1, 0.15) is 12.1 Å². The Hall–Kier alpha value is -2.37. The molecule has 26 heavy (non-hydrogen) atoms. The number of imide groups is 1. The summed E-state index contributed by atoms with van der Waals surface area (Å²) in [5.41, 5.74) is 1.23. The van der Waals surface area contributed by atoms with Crippen molar-refractivity contribution in [1.82, 2.24) is 10.2 Å². The number of carbonyl (C=O) groups is 3. The molecule has 1 N–H and O–H groups in total. The van der Waals surface area contributed by atoms with E-state index in [1.807, 2.05) is 31.2 Å². The van der Waals surface area contributed by atoms with Crippen LogP contribution < -0.4 is 10.2 Å². The van der Waals surface area contributed by atoms with Crippen molar-refractivity contribution in [2.75, 3.05) is 11.4 Å². The molecule has 1 saturated heterocycles. The number of rotatable bonds is 2. The fourth-order valence-electron chi connectivity index (χ4n) is 4.65. The van der Waals surface area contributed by atoms with E-state index in [1.54, 1.807) is 4.90 Å². The van der Waals surface area contributed by atoms with Crippen molar-refractivity contribution in [3.63, 3.8) is 0 Å². The highest BCUT2D eigenvalue weighted by molar-refractivity contribution is 6.10. The molecule has 0 unspecified atom stereocenters. The van der Waals surface area contributed by atoms with Gasteiger partial charge in [0.05, 0.1) is 0 Å². The smallest absolute Gasteiger partial charge is 0.323 e. The highest BCUT2D eigenvalue weighted by atomic mass is 16.2. The number of benzene rings is 1. The molecule has 1 aromatic carbocycles. The summed E-state index contributed by atoms with van der Waals surface area (Å²) in [5, 5.41) is 2.90. The van der Waals surface area contributed by atoms with Crippen molar-refractivity contribution in [3.05, 3.63) is 29.8 Å². The summed E-state index contributed by atoms with van der Waals surface area (Å²) in [6.07, 6.45) is 6.19. The van der Waals surface area contributed by atoms with E-state index in [9.17, 15) is 14.4 Å². The quantitative estimate of drug-likeness (QED) is 0.829. The molecule has 0 aromatic heterocycles. The zero-order chi connectivity index (χ0) is 18.3. The van der Waals surface area contributed by atoms with E-state index in [0.29, 0.717) is 12.8 Å². The van der Waals surface area contributed by atoms with Crippen LogP contribution >= 0.6 is 0 Å². The summed E-state index contributed by atoms with van der Waals surface area (Å²) in [6, 6.07) is 7.43. The van der Waals surface area contributed by atoms with E-state index < -0.39 is 11.6 Å². The SMILES string of the molecule is C[C@H]1Cc2ccccc2N1C(=O)CN1C(=O)NC2(CCCCCC2)C1=O. The summed E-state index contributed by atoms with van der Waals surface area (Å²) >= 11 is 0. The third-order valence-electron chi connectivity index (χ3n) is 5.97. The fraction of sp³-hybridized carbons (Fsp3) is 0.550. The van der Waals surface area contributed by atoms with Crippen LogP contribution in [-0.4, -0.2) is 40.9 Å². The van der Waals surface area contributed by atoms with Crippen LogP contribution in [0.1, 0.15) is 51.0 Å². The summed E-state index contributed by atoms with van der Waals surface area (Å²) in [7, 11) is 0. The lowest BCUT2D eigenvalue weighted by Gasteiger charge is -2.26. The number of hydrogen-bond acceptors (Lipinski definition) is 3. The lowest BCUT2D eigenvalue weighted by atomic mass is 9.90. The number of para-hydroxylation sites is 1. The van der Waals surface area contributed by atoms with Crippen LogP contribution in [0.25, 0.3) is 0 Å². The van der Waals surface area contributed by atoms with Gasteiger partial charge in [-0.15, -0.1) is 0 Å². The summed E-state index contributed by atoms with van der Waals surface area (Å²) in [6.45, 7) is 1.81. The topological polar surface area (TPSA) is 69.7 Å². The predicted molar refractivity (Wildman–Crippen MR) is 97.8 cm³/mol. The lowest BCUT2D eigenvalue weighted by Crippen LogP contribution is -2.48. The number of fused-ring (bicyclic) bond motifs is 1. The van der Waals surface area contributed by atoms with Gasteiger partial charge in [-0.2, -0.15) is 0 Å². The number of nitrogens with zero attached hydrogens (tertiary/aromatic N) is 2. The minimum Gasteiger partial charge on any atom is -0.323 e. The van der Waals surface area contributed by atoms with Crippen molar-refractivity contribution in [2.45, 2.75) is 63.5 Å². The number of anilines is 1. The largest absolute Gasteiger partial charge is 0.325 e. The van der Waals surface area contributed by atoms with E-state index in [2.05, 4.69) is 5.32 Å². The van der Waals surface area contributed by atoms with Gasteiger partial charge < -0.3 is 10.2 Å². The summed E-state index contributed by atoms with van der Waals surface area (Å²) in [5.74, 6) is -0.422. The molecule has 6 nitrogen and oxygen atoms in total. The molecule has 1 aromatic rings. The molecule has 0 radical (unpaired) electrons. The van der Waals surface area contributed by atoms with Gasteiger partial charge in [0.25, 0.3) is 5.91 Å². The number of amides is 4. The molecule has 4 amide bonds. The molecular formula is C20H25N3O3. The van der Waals surface area contributed by atoms with Gasteiger partial charge in [-0.25, -0.2) is 4.79 Å². The van der Waals surface area contributed by atoms with Crippen molar-refractivity contribution < 1.29 is 14.4 Å². The molecule has 1 atom stereocenters. The average molecular weight is 355 g/mol. The van der Waals surface area contributed by atoms with Gasteiger partial charge in [-0.05, 0) is 37.8 Å². The lowest BCUT2D eigenvalue weighted by molar-refractivity contribution is -0.134. The van der Waals surface area contributed by atoms with Gasteiger partial charge >= 0.3 is 6.03 Å². The minimum absolute atomic E-state index is 0.0347. The number of nitrogens with one attached hydrogen (secondary N) is 1. The van der Waals surface area contributed by atoms with Gasteiger partial charge in [0.2, 0.25) is 5.91 Å². The highest BCUT2D eigenvalue weighted by Gasteiger charge is 2.51. The van der Waals surface area contributed by atoms with Gasteiger partial charge in [-0.1, -0.05) is 43.9 Å². The molecule has 2 fully saturated rings. The zero-order valence-corrected chi connectivity index (χ0v) is 15.2. The first-order valence-electron chi connectivity index (χ1n) is 9.56. The molecule has 2 aliphatic heterocycles. The first-order chi connectivity index (χ1) is 12.5. The van der Waals surface area contributed by atoms with Crippen LogP contribution in [0.3, 0.4) is 0 Å². The molecular weight excluding hydrogens is 330 g/mol. The predicted octanol–water partition coefficient (Wildman–Crippen LogP) is 2.61. The number of urea groups is 1. The summed E-state index contributed by atoms with van der Waals surface area (Å²) in [4.78, 5) is 41.3. The molecule has 1 saturated carbocycles. The molecule has 2 heterocycles. The van der Waals surface area contributed by atoms with Crippen molar-refractivity contribution in [2.24, 2.45) is 0 Å². The van der Waals surface area contributed by atoms with Crippen molar-refractivity contribution in [1.29, 1.82) is 0 Å². The zero-order valence-electron chi connectivity index (χ0n) is 15.2. The Morgan fingerprint density at radius 2 is 1.85 bits per heavy atom. The van der Waals surface area contributed by atoms with Crippen LogP contribution in [0.15, 0.2) is 24.3 Å². The van der Waals surface area contributed by atoms with Crippen molar-refractivity contribution >= 4 is 23.5 Å². The van der Waals surface area contributed by atoms with Crippen LogP contribution in [-0.2, 0) is 16.0 Å². The Labute approximate surface area is 153 Å². The maximum atomic E-state index is 13.0. The molecule has 0 bridgehead atoms. The van der Waals surface area contributed by atoms with Crippen LogP contribution in [0.5, 0.6) is 0 Å². The van der Waals surface area contributed by atoms with Crippen LogP contribution in [0, 0.1) is 0 Å². The number of carbonyl (C=O) groups excluding carboxylic acids is 3. The molecule has 3 aliphatic rings. The van der Waals surface area contributed by atoms with Gasteiger partial charge in [0, 0.05) is 11.7 Å². The highest BCUT2D eigenvalue weighted by Crippen LogP contribution is 2.34. The van der Waals surface area contributed by atoms with Crippen LogP contribution in [0.4, 0.5) is 10.5 Å². The Morgan fingerprint density at radius 1 is 1.15 bits per heavy atom. The van der Waals surface area contributed by atoms with E-state index in [4.69, 9.17) is 0 Å². The molecule has 138 valence electrons. The molecule has 1 aliphatic carbocycles. The Bertz CT molecular complexity index is 752. The monoisotopic (exact) mass is 355 g/mol. The standard InChI is InChI=1S/C20H25N3O3/c1-14-12-15-8-4-5-9-16(15)23(14)17(24)13-22-18(25)20(21-19(22)26)10-6-2-3-7-11-20/h4-5,8-9,14H,2-3,6-7,10-13H2,1H3,(H,21,26)/t14-/m0/s1. The normalized spacial score (nSPS) is 24.6. The van der Waals surface area contributed by atoms with Crippen LogP contribution in [0.2, 0.25) is 0 Å². The second kappa shape index (κ2) is 6.41. The average Bonchev–Trinajstić information content (AvgIpc) is 2.93. The Balaban J connectivity index is 1.53. The molecule has 1 spiro atoms. The third-order valence-corrected chi connectivity index (χ3v) is 5.97. The molecule has 6 heteroatoms. The minimum atomic E-state index is -0.789. The van der Waals surface area contributed by atoms with E-state index in [1.165, 1.54) is 0 Å². The Morgan fingerprint density at radius 3 is 2.58 bits per heavy atom.